The van der Waals surface area contributed by atoms with Gasteiger partial charge in [0.1, 0.15) is 0 Å². The van der Waals surface area contributed by atoms with Gasteiger partial charge in [-0.3, -0.25) is 4.79 Å². The molecule has 0 aromatic heterocycles. The Morgan fingerprint density at radius 3 is 1.26 bits per heavy atom. The molecule has 0 aromatic rings. The number of rotatable bonds is 18. The van der Waals surface area contributed by atoms with Crippen molar-refractivity contribution in [3.05, 3.63) is 0 Å². The number of hydrogen-bond acceptors (Lipinski definition) is 1. The summed E-state index contributed by atoms with van der Waals surface area (Å²) < 4.78 is 0. The van der Waals surface area contributed by atoms with E-state index in [2.05, 4.69) is 13.8 Å². The van der Waals surface area contributed by atoms with E-state index in [0.29, 0.717) is 0 Å². The Bertz CT molecular complexity index is 250. The maximum atomic E-state index is 11.3. The van der Waals surface area contributed by atoms with Crippen LogP contribution in [-0.2, 0) is 4.79 Å². The van der Waals surface area contributed by atoms with Gasteiger partial charge >= 0.3 is 5.97 Å². The molecule has 23 heavy (non-hydrogen) atoms. The van der Waals surface area contributed by atoms with Gasteiger partial charge in [-0.25, -0.2) is 0 Å². The highest BCUT2D eigenvalue weighted by atomic mass is 16.4. The lowest BCUT2D eigenvalue weighted by Gasteiger charge is -2.12. The van der Waals surface area contributed by atoms with Gasteiger partial charge in [0.25, 0.3) is 0 Å². The summed E-state index contributed by atoms with van der Waals surface area (Å²) in [5.41, 5.74) is 0. The van der Waals surface area contributed by atoms with E-state index in [1.165, 1.54) is 83.5 Å². The SMILES string of the molecule is CCCCCCCCCCCCCC(CCCCCC)C(=O)O. The van der Waals surface area contributed by atoms with E-state index in [1.54, 1.807) is 0 Å². The van der Waals surface area contributed by atoms with E-state index < -0.39 is 5.97 Å². The summed E-state index contributed by atoms with van der Waals surface area (Å²) in [5.74, 6) is -0.668. The van der Waals surface area contributed by atoms with Crippen LogP contribution in [0.4, 0.5) is 0 Å². The van der Waals surface area contributed by atoms with Gasteiger partial charge in [0.15, 0.2) is 0 Å². The highest BCUT2D eigenvalue weighted by Gasteiger charge is 2.15. The Labute approximate surface area is 145 Å². The molecule has 0 saturated heterocycles. The number of carbonyl (C=O) groups is 1. The van der Waals surface area contributed by atoms with Crippen LogP contribution in [0.25, 0.3) is 0 Å². The van der Waals surface area contributed by atoms with E-state index >= 15 is 0 Å². The molecular formula is C21H42O2. The van der Waals surface area contributed by atoms with E-state index in [0.717, 1.165) is 25.7 Å². The lowest BCUT2D eigenvalue weighted by Crippen LogP contribution is -2.13. The van der Waals surface area contributed by atoms with Crippen molar-refractivity contribution in [1.82, 2.24) is 0 Å². The maximum Gasteiger partial charge on any atom is 0.306 e. The van der Waals surface area contributed by atoms with E-state index in [4.69, 9.17) is 0 Å². The first kappa shape index (κ1) is 22.5. The fourth-order valence-electron chi connectivity index (χ4n) is 3.26. The molecule has 1 atom stereocenters. The molecule has 1 N–H and O–H groups in total. The minimum absolute atomic E-state index is 0.0922. The maximum absolute atomic E-state index is 11.3. The number of carboxylic acid groups (broad SMARTS) is 1. The summed E-state index contributed by atoms with van der Waals surface area (Å²) in [6, 6.07) is 0. The topological polar surface area (TPSA) is 37.3 Å². The number of hydrogen-bond donors (Lipinski definition) is 1. The Morgan fingerprint density at radius 1 is 0.609 bits per heavy atom. The van der Waals surface area contributed by atoms with E-state index in [9.17, 15) is 9.90 Å². The fraction of sp³-hybridized carbons (Fsp3) is 0.952. The second-order valence-electron chi connectivity index (χ2n) is 7.21. The van der Waals surface area contributed by atoms with Crippen molar-refractivity contribution in [2.75, 3.05) is 0 Å². The third kappa shape index (κ3) is 16.1. The molecule has 0 heterocycles. The second-order valence-corrected chi connectivity index (χ2v) is 7.21. The molecule has 138 valence electrons. The van der Waals surface area contributed by atoms with Gasteiger partial charge in [0.05, 0.1) is 5.92 Å². The highest BCUT2D eigenvalue weighted by Crippen LogP contribution is 2.19. The first-order valence-corrected chi connectivity index (χ1v) is 10.4. The molecule has 0 radical (unpaired) electrons. The monoisotopic (exact) mass is 326 g/mol. The number of carboxylic acids is 1. The lowest BCUT2D eigenvalue weighted by molar-refractivity contribution is -0.142. The molecule has 1 unspecified atom stereocenters. The van der Waals surface area contributed by atoms with Crippen LogP contribution < -0.4 is 0 Å². The summed E-state index contributed by atoms with van der Waals surface area (Å²) in [6.45, 7) is 4.46. The summed E-state index contributed by atoms with van der Waals surface area (Å²) in [5, 5.41) is 9.29. The Morgan fingerprint density at radius 2 is 0.913 bits per heavy atom. The predicted octanol–water partition coefficient (Wildman–Crippen LogP) is 7.36. The van der Waals surface area contributed by atoms with Crippen LogP contribution in [0.5, 0.6) is 0 Å². The quantitative estimate of drug-likeness (QED) is 0.267. The molecule has 2 heteroatoms. The zero-order valence-electron chi connectivity index (χ0n) is 16.0. The predicted molar refractivity (Wildman–Crippen MR) is 101 cm³/mol. The molecule has 0 aliphatic rings. The van der Waals surface area contributed by atoms with Crippen LogP contribution in [0.1, 0.15) is 123 Å². The van der Waals surface area contributed by atoms with Crippen LogP contribution in [0.2, 0.25) is 0 Å². The first-order chi connectivity index (χ1) is 11.2. The summed E-state index contributed by atoms with van der Waals surface area (Å²) in [4.78, 5) is 11.3. The molecule has 0 aromatic carbocycles. The molecule has 0 rings (SSSR count). The van der Waals surface area contributed by atoms with Gasteiger partial charge in [-0.2, -0.15) is 0 Å². The largest absolute Gasteiger partial charge is 0.481 e. The number of unbranched alkanes of at least 4 members (excludes halogenated alkanes) is 13. The average Bonchev–Trinajstić information content (AvgIpc) is 2.54. The van der Waals surface area contributed by atoms with Crippen molar-refractivity contribution in [2.24, 2.45) is 5.92 Å². The minimum Gasteiger partial charge on any atom is -0.481 e. The Hall–Kier alpha value is -0.530. The van der Waals surface area contributed by atoms with Gasteiger partial charge in [-0.05, 0) is 12.8 Å². The zero-order chi connectivity index (χ0) is 17.2. The minimum atomic E-state index is -0.575. The first-order valence-electron chi connectivity index (χ1n) is 10.4. The van der Waals surface area contributed by atoms with Crippen molar-refractivity contribution in [3.63, 3.8) is 0 Å². The summed E-state index contributed by atoms with van der Waals surface area (Å²) in [7, 11) is 0. The van der Waals surface area contributed by atoms with Gasteiger partial charge < -0.3 is 5.11 Å². The van der Waals surface area contributed by atoms with Gasteiger partial charge in [0, 0.05) is 0 Å². The Balaban J connectivity index is 3.40. The molecule has 0 aliphatic heterocycles. The molecule has 0 amide bonds. The number of aliphatic carboxylic acids is 1. The van der Waals surface area contributed by atoms with E-state index in [1.807, 2.05) is 0 Å². The smallest absolute Gasteiger partial charge is 0.306 e. The molecule has 0 saturated carbocycles. The van der Waals surface area contributed by atoms with Crippen molar-refractivity contribution in [1.29, 1.82) is 0 Å². The van der Waals surface area contributed by atoms with Gasteiger partial charge in [-0.15, -0.1) is 0 Å². The zero-order valence-corrected chi connectivity index (χ0v) is 16.0. The molecular weight excluding hydrogens is 284 g/mol. The van der Waals surface area contributed by atoms with Crippen molar-refractivity contribution < 1.29 is 9.90 Å². The van der Waals surface area contributed by atoms with Gasteiger partial charge in [-0.1, -0.05) is 110 Å². The van der Waals surface area contributed by atoms with Crippen molar-refractivity contribution >= 4 is 5.97 Å². The van der Waals surface area contributed by atoms with Gasteiger partial charge in [0.2, 0.25) is 0 Å². The molecule has 0 fully saturated rings. The Kier molecular flexibility index (Phi) is 17.4. The summed E-state index contributed by atoms with van der Waals surface area (Å²) in [6.07, 6.45) is 21.1. The van der Waals surface area contributed by atoms with E-state index in [-0.39, 0.29) is 5.92 Å². The van der Waals surface area contributed by atoms with Crippen molar-refractivity contribution in [2.45, 2.75) is 123 Å². The average molecular weight is 327 g/mol. The second kappa shape index (κ2) is 17.8. The normalized spacial score (nSPS) is 12.4. The molecule has 2 nitrogen and oxygen atoms in total. The van der Waals surface area contributed by atoms with Crippen LogP contribution >= 0.6 is 0 Å². The van der Waals surface area contributed by atoms with Crippen LogP contribution in [0.3, 0.4) is 0 Å². The van der Waals surface area contributed by atoms with Crippen LogP contribution in [-0.4, -0.2) is 11.1 Å². The lowest BCUT2D eigenvalue weighted by atomic mass is 9.94. The van der Waals surface area contributed by atoms with Crippen molar-refractivity contribution in [3.8, 4) is 0 Å². The fourth-order valence-corrected chi connectivity index (χ4v) is 3.26. The molecule has 0 aliphatic carbocycles. The summed E-state index contributed by atoms with van der Waals surface area (Å²) >= 11 is 0. The standard InChI is InChI=1S/C21H42O2/c1-3-5-7-9-10-11-12-13-14-15-17-19-20(21(22)23)18-16-8-6-4-2/h20H,3-19H2,1-2H3,(H,22,23). The third-order valence-corrected chi connectivity index (χ3v) is 4.91. The third-order valence-electron chi connectivity index (χ3n) is 4.91. The van der Waals surface area contributed by atoms with Crippen LogP contribution in [0.15, 0.2) is 0 Å². The molecule has 0 bridgehead atoms. The molecule has 0 spiro atoms. The highest BCUT2D eigenvalue weighted by molar-refractivity contribution is 5.69. The van der Waals surface area contributed by atoms with Crippen LogP contribution in [0, 0.1) is 5.92 Å².